The number of para-hydroxylation sites is 1. The molecule has 0 aromatic heterocycles. The van der Waals surface area contributed by atoms with Gasteiger partial charge in [-0.1, -0.05) is 25.1 Å². The van der Waals surface area contributed by atoms with E-state index in [0.29, 0.717) is 13.0 Å². The van der Waals surface area contributed by atoms with Gasteiger partial charge < -0.3 is 14.7 Å². The Morgan fingerprint density at radius 3 is 2.75 bits per heavy atom. The number of rotatable bonds is 5. The van der Waals surface area contributed by atoms with E-state index in [-0.39, 0.29) is 24.5 Å². The zero-order chi connectivity index (χ0) is 16.9. The molecule has 1 amide bonds. The molecule has 5 heteroatoms. The number of nitrogens with zero attached hydrogens (tertiary/aromatic N) is 2. The van der Waals surface area contributed by atoms with Crippen LogP contribution in [0.1, 0.15) is 37.7 Å². The summed E-state index contributed by atoms with van der Waals surface area (Å²) in [6.45, 7) is 6.23. The zero-order valence-electron chi connectivity index (χ0n) is 14.5. The third-order valence-electron chi connectivity index (χ3n) is 5.37. The van der Waals surface area contributed by atoms with Gasteiger partial charge in [0.05, 0.1) is 13.2 Å². The smallest absolute Gasteiger partial charge is 0.223 e. The Hall–Kier alpha value is -1.59. The summed E-state index contributed by atoms with van der Waals surface area (Å²) in [4.78, 5) is 17.0. The van der Waals surface area contributed by atoms with Gasteiger partial charge in [-0.05, 0) is 30.4 Å². The van der Waals surface area contributed by atoms with E-state index in [1.807, 2.05) is 23.1 Å². The standard InChI is InChI=1S/C19H28N2O3/c1-2-16(14-22)20-8-10-21(11-9-20)19(23)13-15-7-12-24-18-6-4-3-5-17(15)18/h3-6,15-16,22H,2,7-14H2,1H3. The SMILES string of the molecule is CCC(CO)N1CCN(C(=O)CC2CCOc3ccccc32)CC1. The molecule has 24 heavy (non-hydrogen) atoms. The number of carbonyl (C=O) groups is 1. The van der Waals surface area contributed by atoms with Gasteiger partial charge in [0.15, 0.2) is 0 Å². The minimum Gasteiger partial charge on any atom is -0.493 e. The summed E-state index contributed by atoms with van der Waals surface area (Å²) in [5, 5.41) is 9.43. The predicted molar refractivity (Wildman–Crippen MR) is 93.2 cm³/mol. The lowest BCUT2D eigenvalue weighted by atomic mass is 9.90. The number of hydrogen-bond acceptors (Lipinski definition) is 4. The van der Waals surface area contributed by atoms with Crippen LogP contribution in [0.5, 0.6) is 5.75 Å². The molecule has 2 unspecified atom stereocenters. The van der Waals surface area contributed by atoms with Crippen molar-refractivity contribution in [2.24, 2.45) is 0 Å². The lowest BCUT2D eigenvalue weighted by Gasteiger charge is -2.39. The van der Waals surface area contributed by atoms with Crippen LogP contribution in [0.15, 0.2) is 24.3 Å². The summed E-state index contributed by atoms with van der Waals surface area (Å²) in [5.74, 6) is 1.44. The Morgan fingerprint density at radius 1 is 1.29 bits per heavy atom. The molecule has 0 bridgehead atoms. The molecule has 0 saturated carbocycles. The fraction of sp³-hybridized carbons (Fsp3) is 0.632. The fourth-order valence-corrected chi connectivity index (χ4v) is 3.81. The van der Waals surface area contributed by atoms with Crippen molar-refractivity contribution in [3.63, 3.8) is 0 Å². The molecule has 0 spiro atoms. The summed E-state index contributed by atoms with van der Waals surface area (Å²) in [6.07, 6.45) is 2.42. The van der Waals surface area contributed by atoms with Crippen LogP contribution in [0, 0.1) is 0 Å². The summed E-state index contributed by atoms with van der Waals surface area (Å²) < 4.78 is 5.69. The Bertz CT molecular complexity index is 551. The molecule has 3 rings (SSSR count). The zero-order valence-corrected chi connectivity index (χ0v) is 14.5. The van der Waals surface area contributed by atoms with E-state index in [9.17, 15) is 9.90 Å². The summed E-state index contributed by atoms with van der Waals surface area (Å²) in [7, 11) is 0. The second kappa shape index (κ2) is 7.99. The van der Waals surface area contributed by atoms with Gasteiger partial charge in [0.2, 0.25) is 5.91 Å². The maximum atomic E-state index is 12.7. The average Bonchev–Trinajstić information content (AvgIpc) is 2.63. The third kappa shape index (κ3) is 3.73. The highest BCUT2D eigenvalue weighted by Gasteiger charge is 2.28. The Kier molecular flexibility index (Phi) is 5.74. The topological polar surface area (TPSA) is 53.0 Å². The number of ether oxygens (including phenoxy) is 1. The Balaban J connectivity index is 1.56. The molecule has 1 fully saturated rings. The van der Waals surface area contributed by atoms with Crippen molar-refractivity contribution in [3.05, 3.63) is 29.8 Å². The molecule has 2 heterocycles. The highest BCUT2D eigenvalue weighted by molar-refractivity contribution is 5.77. The molecule has 1 saturated heterocycles. The van der Waals surface area contributed by atoms with Crippen LogP contribution >= 0.6 is 0 Å². The lowest BCUT2D eigenvalue weighted by molar-refractivity contribution is -0.134. The molecular formula is C19H28N2O3. The van der Waals surface area contributed by atoms with Crippen molar-refractivity contribution in [2.75, 3.05) is 39.4 Å². The van der Waals surface area contributed by atoms with Crippen LogP contribution in [0.3, 0.4) is 0 Å². The average molecular weight is 332 g/mol. The van der Waals surface area contributed by atoms with Crippen molar-refractivity contribution in [1.82, 2.24) is 9.80 Å². The molecule has 2 atom stereocenters. The second-order valence-electron chi connectivity index (χ2n) is 6.74. The minimum absolute atomic E-state index is 0.198. The first-order chi connectivity index (χ1) is 11.7. The monoisotopic (exact) mass is 332 g/mol. The van der Waals surface area contributed by atoms with Gasteiger partial charge in [-0.15, -0.1) is 0 Å². The first-order valence-electron chi connectivity index (χ1n) is 9.07. The maximum Gasteiger partial charge on any atom is 0.223 e. The Morgan fingerprint density at radius 2 is 2.04 bits per heavy atom. The number of fused-ring (bicyclic) bond motifs is 1. The summed E-state index contributed by atoms with van der Waals surface area (Å²) in [5.41, 5.74) is 1.17. The molecule has 2 aliphatic rings. The van der Waals surface area contributed by atoms with Gasteiger partial charge in [-0.2, -0.15) is 0 Å². The van der Waals surface area contributed by atoms with Crippen LogP contribution in [0.25, 0.3) is 0 Å². The van der Waals surface area contributed by atoms with E-state index in [1.54, 1.807) is 0 Å². The van der Waals surface area contributed by atoms with E-state index in [4.69, 9.17) is 4.74 Å². The highest BCUT2D eigenvalue weighted by Crippen LogP contribution is 2.35. The van der Waals surface area contributed by atoms with E-state index in [0.717, 1.165) is 44.8 Å². The second-order valence-corrected chi connectivity index (χ2v) is 6.74. The van der Waals surface area contributed by atoms with Crippen LogP contribution in [0.2, 0.25) is 0 Å². The number of benzene rings is 1. The molecule has 2 aliphatic heterocycles. The van der Waals surface area contributed by atoms with Crippen LogP contribution in [-0.4, -0.2) is 66.2 Å². The fourth-order valence-electron chi connectivity index (χ4n) is 3.81. The van der Waals surface area contributed by atoms with Crippen LogP contribution in [-0.2, 0) is 4.79 Å². The van der Waals surface area contributed by atoms with E-state index in [1.165, 1.54) is 5.56 Å². The lowest BCUT2D eigenvalue weighted by Crippen LogP contribution is -2.52. The minimum atomic E-state index is 0.198. The van der Waals surface area contributed by atoms with Gasteiger partial charge in [0.1, 0.15) is 5.75 Å². The first kappa shape index (κ1) is 17.2. The van der Waals surface area contributed by atoms with Crippen molar-refractivity contribution in [3.8, 4) is 5.75 Å². The van der Waals surface area contributed by atoms with Crippen LogP contribution in [0.4, 0.5) is 0 Å². The molecule has 132 valence electrons. The number of hydrogen-bond donors (Lipinski definition) is 1. The summed E-state index contributed by atoms with van der Waals surface area (Å²) >= 11 is 0. The highest BCUT2D eigenvalue weighted by atomic mass is 16.5. The third-order valence-corrected chi connectivity index (χ3v) is 5.37. The van der Waals surface area contributed by atoms with Gasteiger partial charge in [-0.3, -0.25) is 9.69 Å². The molecule has 0 aliphatic carbocycles. The molecule has 1 aromatic carbocycles. The molecule has 0 radical (unpaired) electrons. The largest absolute Gasteiger partial charge is 0.493 e. The van der Waals surface area contributed by atoms with Crippen LogP contribution < -0.4 is 4.74 Å². The first-order valence-corrected chi connectivity index (χ1v) is 9.07. The van der Waals surface area contributed by atoms with Crippen molar-refractivity contribution >= 4 is 5.91 Å². The van der Waals surface area contributed by atoms with Crippen molar-refractivity contribution < 1.29 is 14.6 Å². The predicted octanol–water partition coefficient (Wildman–Crippen LogP) is 1.86. The molecular weight excluding hydrogens is 304 g/mol. The van der Waals surface area contributed by atoms with Crippen molar-refractivity contribution in [2.45, 2.75) is 38.1 Å². The number of aliphatic hydroxyl groups excluding tert-OH is 1. The Labute approximate surface area is 144 Å². The molecule has 1 N–H and O–H groups in total. The van der Waals surface area contributed by atoms with Gasteiger partial charge in [0, 0.05) is 38.6 Å². The van der Waals surface area contributed by atoms with Gasteiger partial charge >= 0.3 is 0 Å². The van der Waals surface area contributed by atoms with Gasteiger partial charge in [0.25, 0.3) is 0 Å². The van der Waals surface area contributed by atoms with E-state index in [2.05, 4.69) is 17.9 Å². The number of aliphatic hydroxyl groups is 1. The van der Waals surface area contributed by atoms with E-state index < -0.39 is 0 Å². The quantitative estimate of drug-likeness (QED) is 0.894. The summed E-state index contributed by atoms with van der Waals surface area (Å²) in [6, 6.07) is 8.30. The van der Waals surface area contributed by atoms with Gasteiger partial charge in [-0.25, -0.2) is 0 Å². The number of piperazine rings is 1. The normalized spacial score (nSPS) is 22.6. The molecule has 1 aromatic rings. The number of amides is 1. The maximum absolute atomic E-state index is 12.7. The van der Waals surface area contributed by atoms with E-state index >= 15 is 0 Å². The molecule has 5 nitrogen and oxygen atoms in total. The number of carbonyl (C=O) groups excluding carboxylic acids is 1. The van der Waals surface area contributed by atoms with Crippen molar-refractivity contribution in [1.29, 1.82) is 0 Å².